The Bertz CT molecular complexity index is 714. The monoisotopic (exact) mass is 327 g/mol. The van der Waals surface area contributed by atoms with Crippen LogP contribution < -0.4 is 10.6 Å². The molecule has 1 aliphatic rings. The molecule has 124 valence electrons. The molecular weight excluding hydrogens is 310 g/mol. The van der Waals surface area contributed by atoms with E-state index in [-0.39, 0.29) is 13.0 Å². The summed E-state index contributed by atoms with van der Waals surface area (Å²) < 4.78 is 52.7. The molecule has 0 aliphatic carbocycles. The molecule has 3 nitrogen and oxygen atoms in total. The Labute approximate surface area is 131 Å². The van der Waals surface area contributed by atoms with Gasteiger partial charge in [0, 0.05) is 42.0 Å². The number of anilines is 1. The molecular formula is C16H17F4N3. The third-order valence-corrected chi connectivity index (χ3v) is 4.26. The molecule has 0 bridgehead atoms. The molecule has 7 heteroatoms. The van der Waals surface area contributed by atoms with Crippen LogP contribution in [0.2, 0.25) is 0 Å². The molecule has 2 heterocycles. The smallest absolute Gasteiger partial charge is 0.380 e. The van der Waals surface area contributed by atoms with Crippen LogP contribution in [0.5, 0.6) is 0 Å². The van der Waals surface area contributed by atoms with Crippen LogP contribution in [0.4, 0.5) is 23.2 Å². The first kappa shape index (κ1) is 16.0. The van der Waals surface area contributed by atoms with E-state index in [0.717, 1.165) is 0 Å². The number of piperidine rings is 1. The van der Waals surface area contributed by atoms with E-state index in [4.69, 9.17) is 0 Å². The highest BCUT2D eigenvalue weighted by molar-refractivity contribution is 5.93. The van der Waals surface area contributed by atoms with Crippen LogP contribution in [-0.4, -0.2) is 30.3 Å². The van der Waals surface area contributed by atoms with E-state index < -0.39 is 24.0 Å². The second-order valence-electron chi connectivity index (χ2n) is 5.90. The van der Waals surface area contributed by atoms with Crippen LogP contribution in [0.25, 0.3) is 10.9 Å². The summed E-state index contributed by atoms with van der Waals surface area (Å²) in [6.07, 6.45) is -2.69. The zero-order valence-corrected chi connectivity index (χ0v) is 12.5. The predicted molar refractivity (Wildman–Crippen MR) is 80.9 cm³/mol. The standard InChI is InChI=1S/C16H17F4N3/c1-9-13(17)6-14(12-3-2-4-22-15(9)12)23-11-5-10(7-21-8-11)16(18,19)20/h2-4,6,10-11,21,23H,5,7-8H2,1H3/t10-,11+/m0/s1. The van der Waals surface area contributed by atoms with Crippen molar-refractivity contribution in [3.05, 3.63) is 35.8 Å². The average Bonchev–Trinajstić information content (AvgIpc) is 2.52. The molecule has 2 N–H and O–H groups in total. The third kappa shape index (κ3) is 3.24. The number of hydrogen-bond acceptors (Lipinski definition) is 3. The van der Waals surface area contributed by atoms with Crippen LogP contribution in [0, 0.1) is 18.7 Å². The molecule has 3 rings (SSSR count). The number of fused-ring (bicyclic) bond motifs is 1. The molecule has 0 unspecified atom stereocenters. The number of aromatic nitrogens is 1. The third-order valence-electron chi connectivity index (χ3n) is 4.26. The number of nitrogens with zero attached hydrogens (tertiary/aromatic N) is 1. The Kier molecular flexibility index (Phi) is 4.14. The maximum atomic E-state index is 14.1. The van der Waals surface area contributed by atoms with Gasteiger partial charge in [0.15, 0.2) is 0 Å². The number of halogens is 4. The first-order valence-electron chi connectivity index (χ1n) is 7.44. The van der Waals surface area contributed by atoms with Crippen molar-refractivity contribution in [3.63, 3.8) is 0 Å². The van der Waals surface area contributed by atoms with Gasteiger partial charge in [-0.3, -0.25) is 4.98 Å². The van der Waals surface area contributed by atoms with Gasteiger partial charge in [0.2, 0.25) is 0 Å². The summed E-state index contributed by atoms with van der Waals surface area (Å²) in [4.78, 5) is 4.17. The summed E-state index contributed by atoms with van der Waals surface area (Å²) in [6, 6.07) is 4.43. The first-order valence-corrected chi connectivity index (χ1v) is 7.44. The molecule has 0 amide bonds. The number of aryl methyl sites for hydroxylation is 1. The molecule has 2 aromatic rings. The van der Waals surface area contributed by atoms with E-state index in [1.165, 1.54) is 6.07 Å². The van der Waals surface area contributed by atoms with Crippen molar-refractivity contribution in [1.82, 2.24) is 10.3 Å². The summed E-state index contributed by atoms with van der Waals surface area (Å²) in [7, 11) is 0. The van der Waals surface area contributed by atoms with Crippen LogP contribution in [0.15, 0.2) is 24.4 Å². The largest absolute Gasteiger partial charge is 0.393 e. The molecule has 1 aromatic carbocycles. The lowest BCUT2D eigenvalue weighted by atomic mass is 9.94. The molecule has 2 atom stereocenters. The number of rotatable bonds is 2. The lowest BCUT2D eigenvalue weighted by Gasteiger charge is -2.32. The highest BCUT2D eigenvalue weighted by Crippen LogP contribution is 2.33. The van der Waals surface area contributed by atoms with E-state index in [0.29, 0.717) is 28.7 Å². The Morgan fingerprint density at radius 3 is 2.83 bits per heavy atom. The molecule has 0 spiro atoms. The molecule has 0 saturated carbocycles. The highest BCUT2D eigenvalue weighted by Gasteiger charge is 2.42. The maximum absolute atomic E-state index is 14.1. The van der Waals surface area contributed by atoms with Crippen molar-refractivity contribution >= 4 is 16.6 Å². The first-order chi connectivity index (χ1) is 10.9. The van der Waals surface area contributed by atoms with E-state index in [2.05, 4.69) is 15.6 Å². The number of alkyl halides is 3. The van der Waals surface area contributed by atoms with Crippen molar-refractivity contribution < 1.29 is 17.6 Å². The van der Waals surface area contributed by atoms with Gasteiger partial charge in [-0.1, -0.05) is 0 Å². The van der Waals surface area contributed by atoms with Crippen molar-refractivity contribution in [1.29, 1.82) is 0 Å². The maximum Gasteiger partial charge on any atom is 0.393 e. The van der Waals surface area contributed by atoms with Gasteiger partial charge in [0.1, 0.15) is 5.82 Å². The van der Waals surface area contributed by atoms with Crippen LogP contribution in [0.3, 0.4) is 0 Å². The molecule has 1 saturated heterocycles. The Morgan fingerprint density at radius 1 is 1.30 bits per heavy atom. The summed E-state index contributed by atoms with van der Waals surface area (Å²) in [6.45, 7) is 1.96. The van der Waals surface area contributed by atoms with Crippen molar-refractivity contribution in [3.8, 4) is 0 Å². The van der Waals surface area contributed by atoms with Crippen molar-refractivity contribution in [2.24, 2.45) is 5.92 Å². The van der Waals surface area contributed by atoms with Gasteiger partial charge in [0.05, 0.1) is 11.4 Å². The Hall–Kier alpha value is -1.89. The lowest BCUT2D eigenvalue weighted by molar-refractivity contribution is -0.178. The minimum absolute atomic E-state index is 0.0340. The Balaban J connectivity index is 1.88. The van der Waals surface area contributed by atoms with Crippen molar-refractivity contribution in [2.45, 2.75) is 25.6 Å². The minimum Gasteiger partial charge on any atom is -0.380 e. The average molecular weight is 327 g/mol. The Morgan fingerprint density at radius 2 is 2.09 bits per heavy atom. The number of hydrogen-bond donors (Lipinski definition) is 2. The molecule has 1 aromatic heterocycles. The molecule has 1 aliphatic heterocycles. The second kappa shape index (κ2) is 5.96. The number of pyridine rings is 1. The van der Waals surface area contributed by atoms with E-state index in [1.54, 1.807) is 25.3 Å². The van der Waals surface area contributed by atoms with Crippen molar-refractivity contribution in [2.75, 3.05) is 18.4 Å². The summed E-state index contributed by atoms with van der Waals surface area (Å²) >= 11 is 0. The van der Waals surface area contributed by atoms with Crippen LogP contribution >= 0.6 is 0 Å². The van der Waals surface area contributed by atoms with E-state index >= 15 is 0 Å². The van der Waals surface area contributed by atoms with E-state index in [9.17, 15) is 17.6 Å². The van der Waals surface area contributed by atoms with Gasteiger partial charge in [-0.25, -0.2) is 4.39 Å². The summed E-state index contributed by atoms with van der Waals surface area (Å²) in [5.41, 5.74) is 1.43. The van der Waals surface area contributed by atoms with E-state index in [1.807, 2.05) is 0 Å². The van der Waals surface area contributed by atoms with Gasteiger partial charge in [-0.15, -0.1) is 0 Å². The van der Waals surface area contributed by atoms with Gasteiger partial charge in [-0.05, 0) is 31.5 Å². The summed E-state index contributed by atoms with van der Waals surface area (Å²) in [5.74, 6) is -1.82. The lowest BCUT2D eigenvalue weighted by Crippen LogP contribution is -2.47. The molecule has 0 radical (unpaired) electrons. The fourth-order valence-corrected chi connectivity index (χ4v) is 2.99. The molecule has 1 fully saturated rings. The summed E-state index contributed by atoms with van der Waals surface area (Å²) in [5, 5.41) is 6.55. The van der Waals surface area contributed by atoms with Gasteiger partial charge in [0.25, 0.3) is 0 Å². The molecule has 23 heavy (non-hydrogen) atoms. The SMILES string of the molecule is Cc1c(F)cc(N[C@H]2CNC[C@@H](C(F)(F)F)C2)c2cccnc12. The number of nitrogens with one attached hydrogen (secondary N) is 2. The van der Waals surface area contributed by atoms with Crippen LogP contribution in [-0.2, 0) is 0 Å². The van der Waals surface area contributed by atoms with Gasteiger partial charge >= 0.3 is 6.18 Å². The predicted octanol–water partition coefficient (Wildman–Crippen LogP) is 3.63. The second-order valence-corrected chi connectivity index (χ2v) is 5.90. The topological polar surface area (TPSA) is 37.0 Å². The quantitative estimate of drug-likeness (QED) is 0.827. The van der Waals surface area contributed by atoms with Gasteiger partial charge in [-0.2, -0.15) is 13.2 Å². The zero-order valence-electron chi connectivity index (χ0n) is 12.5. The van der Waals surface area contributed by atoms with Gasteiger partial charge < -0.3 is 10.6 Å². The zero-order chi connectivity index (χ0) is 16.6. The highest BCUT2D eigenvalue weighted by atomic mass is 19.4. The fraction of sp³-hybridized carbons (Fsp3) is 0.438. The fourth-order valence-electron chi connectivity index (χ4n) is 2.99. The normalized spacial score (nSPS) is 22.3. The minimum atomic E-state index is -4.23. The number of benzene rings is 1. The van der Waals surface area contributed by atoms with Crippen LogP contribution in [0.1, 0.15) is 12.0 Å².